The van der Waals surface area contributed by atoms with Crippen LogP contribution in [0.15, 0.2) is 72.8 Å². The van der Waals surface area contributed by atoms with Gasteiger partial charge in [-0.2, -0.15) is 0 Å². The number of alkyl carbamates (subject to hydrolysis) is 1. The molecule has 0 aliphatic heterocycles. The molecule has 5 aromatic rings. The maximum Gasteiger partial charge on any atom is 0.407 e. The molecule has 0 aliphatic carbocycles. The van der Waals surface area contributed by atoms with Gasteiger partial charge in [0, 0.05) is 18.7 Å². The van der Waals surface area contributed by atoms with Crippen LogP contribution in [0, 0.1) is 13.8 Å². The van der Waals surface area contributed by atoms with Crippen molar-refractivity contribution in [3.8, 4) is 16.9 Å². The first-order chi connectivity index (χ1) is 19.9. The monoisotopic (exact) mass is 548 g/mol. The van der Waals surface area contributed by atoms with E-state index in [-0.39, 0.29) is 0 Å². The Balaban J connectivity index is 1.46. The van der Waals surface area contributed by atoms with E-state index in [1.54, 1.807) is 7.11 Å². The molecule has 0 fully saturated rings. The van der Waals surface area contributed by atoms with E-state index in [1.165, 1.54) is 23.8 Å². The van der Waals surface area contributed by atoms with Gasteiger partial charge in [-0.15, -0.1) is 0 Å². The van der Waals surface area contributed by atoms with Crippen LogP contribution >= 0.6 is 0 Å². The Hall–Kier alpha value is -4.65. The van der Waals surface area contributed by atoms with Gasteiger partial charge in [0.1, 0.15) is 17.1 Å². The average molecular weight is 549 g/mol. The maximum atomic E-state index is 11.8. The van der Waals surface area contributed by atoms with Gasteiger partial charge in [0.2, 0.25) is 0 Å². The molecule has 0 saturated heterocycles. The number of nitrogens with one attached hydrogen (secondary N) is 1. The molecule has 0 bridgehead atoms. The van der Waals surface area contributed by atoms with Gasteiger partial charge >= 0.3 is 6.09 Å². The van der Waals surface area contributed by atoms with Crippen LogP contribution < -0.4 is 10.1 Å². The second-order valence-corrected chi connectivity index (χ2v) is 10.3. The number of methoxy groups -OCH3 is 2. The number of fused-ring (bicyclic) bond motifs is 1. The topological polar surface area (TPSA) is 78.3 Å². The third kappa shape index (κ3) is 6.24. The van der Waals surface area contributed by atoms with Gasteiger partial charge in [-0.1, -0.05) is 61.5 Å². The van der Waals surface area contributed by atoms with Crippen molar-refractivity contribution in [1.82, 2.24) is 19.9 Å². The summed E-state index contributed by atoms with van der Waals surface area (Å²) in [6.45, 7) is 7.32. The number of carbonyl (C=O) groups excluding carboxylic acids is 1. The number of hydrogen-bond acceptors (Lipinski definition) is 5. The number of amides is 1. The third-order valence-corrected chi connectivity index (χ3v) is 7.35. The molecule has 0 saturated carbocycles. The molecule has 7 heteroatoms. The summed E-state index contributed by atoms with van der Waals surface area (Å²) in [7, 11) is 3.05. The van der Waals surface area contributed by atoms with Gasteiger partial charge in [-0.05, 0) is 77.4 Å². The zero-order valence-electron chi connectivity index (χ0n) is 24.3. The Morgan fingerprint density at radius 3 is 2.39 bits per heavy atom. The van der Waals surface area contributed by atoms with Crippen molar-refractivity contribution in [3.05, 3.63) is 112 Å². The van der Waals surface area contributed by atoms with Gasteiger partial charge < -0.3 is 19.4 Å². The molecule has 1 N–H and O–H groups in total. The lowest BCUT2D eigenvalue weighted by molar-refractivity contribution is 0.170. The van der Waals surface area contributed by atoms with Crippen LogP contribution in [0.25, 0.3) is 22.3 Å². The molecular formula is C34H36N4O3. The van der Waals surface area contributed by atoms with Crippen LogP contribution in [-0.4, -0.2) is 34.8 Å². The second-order valence-electron chi connectivity index (χ2n) is 10.3. The normalized spacial score (nSPS) is 11.0. The van der Waals surface area contributed by atoms with Crippen LogP contribution in [-0.2, 0) is 30.7 Å². The van der Waals surface area contributed by atoms with Crippen LogP contribution in [0.2, 0.25) is 0 Å². The number of ether oxygens (including phenoxy) is 2. The molecule has 3 aromatic carbocycles. The highest BCUT2D eigenvalue weighted by Crippen LogP contribution is 2.28. The average Bonchev–Trinajstić information content (AvgIpc) is 3.34. The summed E-state index contributed by atoms with van der Waals surface area (Å²) < 4.78 is 12.4. The molecule has 0 unspecified atom stereocenters. The van der Waals surface area contributed by atoms with E-state index in [1.807, 2.05) is 19.1 Å². The molecular weight excluding hydrogens is 512 g/mol. The second kappa shape index (κ2) is 12.3. The van der Waals surface area contributed by atoms with Crippen molar-refractivity contribution in [1.29, 1.82) is 0 Å². The summed E-state index contributed by atoms with van der Waals surface area (Å²) in [6, 6.07) is 25.2. The lowest BCUT2D eigenvalue weighted by Crippen LogP contribution is -2.22. The summed E-state index contributed by atoms with van der Waals surface area (Å²) in [5.41, 5.74) is 10.7. The number of nitrogens with zero attached hydrogens (tertiary/aromatic N) is 3. The summed E-state index contributed by atoms with van der Waals surface area (Å²) in [5.74, 6) is 1.88. The number of imidazole rings is 1. The fraction of sp³-hybridized carbons (Fsp3) is 0.265. The molecule has 2 aromatic heterocycles. The Kier molecular flexibility index (Phi) is 8.34. The minimum Gasteiger partial charge on any atom is -0.497 e. The first-order valence-electron chi connectivity index (χ1n) is 13.9. The number of carbonyl (C=O) groups is 1. The van der Waals surface area contributed by atoms with Crippen LogP contribution in [0.4, 0.5) is 4.79 Å². The van der Waals surface area contributed by atoms with Crippen molar-refractivity contribution >= 4 is 17.3 Å². The summed E-state index contributed by atoms with van der Waals surface area (Å²) in [4.78, 5) is 21.5. The van der Waals surface area contributed by atoms with Gasteiger partial charge in [-0.3, -0.25) is 0 Å². The van der Waals surface area contributed by atoms with E-state index >= 15 is 0 Å². The quantitative estimate of drug-likeness (QED) is 0.220. The standard InChI is InChI=1S/C34H36N4O3/c1-6-31-37-32-22(2)16-23(3)36-33(32)38(31)21-24-10-13-27(14-11-24)30-19-26(12-15-28(30)20-35-34(39)41-5)17-25-8-7-9-29(18-25)40-4/h7-16,18-19H,6,17,20-21H2,1-5H3,(H,35,39). The van der Waals surface area contributed by atoms with E-state index in [4.69, 9.17) is 19.4 Å². The molecule has 0 radical (unpaired) electrons. The Morgan fingerprint density at radius 1 is 0.902 bits per heavy atom. The predicted molar refractivity (Wildman–Crippen MR) is 162 cm³/mol. The highest BCUT2D eigenvalue weighted by Gasteiger charge is 2.15. The molecule has 210 valence electrons. The molecule has 1 amide bonds. The van der Waals surface area contributed by atoms with Gasteiger partial charge in [0.05, 0.1) is 20.8 Å². The number of aromatic nitrogens is 3. The SMILES string of the molecule is CCc1nc2c(C)cc(C)nc2n1Cc1ccc(-c2cc(Cc3cccc(OC)c3)ccc2CNC(=O)OC)cc1. The fourth-order valence-electron chi connectivity index (χ4n) is 5.27. The Morgan fingerprint density at radius 2 is 1.66 bits per heavy atom. The predicted octanol–water partition coefficient (Wildman–Crippen LogP) is 6.78. The smallest absolute Gasteiger partial charge is 0.407 e. The number of rotatable bonds is 9. The molecule has 7 nitrogen and oxygen atoms in total. The van der Waals surface area contributed by atoms with Crippen LogP contribution in [0.1, 0.15) is 46.3 Å². The summed E-state index contributed by atoms with van der Waals surface area (Å²) in [5, 5.41) is 2.83. The van der Waals surface area contributed by atoms with Crippen molar-refractivity contribution in [2.24, 2.45) is 0 Å². The van der Waals surface area contributed by atoms with Gasteiger partial charge in [0.15, 0.2) is 5.65 Å². The maximum absolute atomic E-state index is 11.8. The number of aryl methyl sites for hydroxylation is 3. The minimum atomic E-state index is -0.454. The van der Waals surface area contributed by atoms with Crippen molar-refractivity contribution < 1.29 is 14.3 Å². The van der Waals surface area contributed by atoms with Crippen molar-refractivity contribution in [2.45, 2.75) is 46.7 Å². The van der Waals surface area contributed by atoms with Crippen molar-refractivity contribution in [2.75, 3.05) is 14.2 Å². The first kappa shape index (κ1) is 27.9. The number of benzene rings is 3. The fourth-order valence-corrected chi connectivity index (χ4v) is 5.27. The lowest BCUT2D eigenvalue weighted by Gasteiger charge is -2.14. The van der Waals surface area contributed by atoms with E-state index in [0.717, 1.165) is 63.5 Å². The van der Waals surface area contributed by atoms with E-state index in [0.29, 0.717) is 13.1 Å². The molecule has 0 aliphatic rings. The van der Waals surface area contributed by atoms with Gasteiger partial charge in [0.25, 0.3) is 0 Å². The first-order valence-corrected chi connectivity index (χ1v) is 13.9. The minimum absolute atomic E-state index is 0.369. The highest BCUT2D eigenvalue weighted by atomic mass is 16.5. The Labute approximate surface area is 241 Å². The van der Waals surface area contributed by atoms with Gasteiger partial charge in [-0.25, -0.2) is 14.8 Å². The molecule has 0 atom stereocenters. The lowest BCUT2D eigenvalue weighted by atomic mass is 9.94. The summed E-state index contributed by atoms with van der Waals surface area (Å²) in [6.07, 6.45) is 1.15. The zero-order valence-corrected chi connectivity index (χ0v) is 24.3. The number of hydrogen-bond donors (Lipinski definition) is 1. The van der Waals surface area contributed by atoms with E-state index < -0.39 is 6.09 Å². The van der Waals surface area contributed by atoms with E-state index in [9.17, 15) is 4.79 Å². The van der Waals surface area contributed by atoms with Crippen molar-refractivity contribution in [3.63, 3.8) is 0 Å². The largest absolute Gasteiger partial charge is 0.497 e. The highest BCUT2D eigenvalue weighted by molar-refractivity contribution is 5.76. The van der Waals surface area contributed by atoms with Crippen LogP contribution in [0.3, 0.4) is 0 Å². The zero-order chi connectivity index (χ0) is 28.9. The van der Waals surface area contributed by atoms with Crippen LogP contribution in [0.5, 0.6) is 5.75 Å². The molecule has 5 rings (SSSR count). The third-order valence-electron chi connectivity index (χ3n) is 7.35. The molecule has 0 spiro atoms. The molecule has 2 heterocycles. The van der Waals surface area contributed by atoms with E-state index in [2.05, 4.69) is 84.4 Å². The Bertz CT molecular complexity index is 1690. The number of pyridine rings is 1. The molecule has 41 heavy (non-hydrogen) atoms. The summed E-state index contributed by atoms with van der Waals surface area (Å²) >= 11 is 0.